The van der Waals surface area contributed by atoms with Crippen LogP contribution in [0.3, 0.4) is 0 Å². The molecule has 0 fully saturated rings. The molecule has 0 aromatic carbocycles. The highest BCUT2D eigenvalue weighted by molar-refractivity contribution is 7.47. The molecule has 0 radical (unpaired) electrons. The fourth-order valence-electron chi connectivity index (χ4n) is 6.19. The van der Waals surface area contributed by atoms with E-state index < -0.39 is 20.0 Å². The zero-order chi connectivity index (χ0) is 36.1. The number of unbranched alkanes of at least 4 members (excludes halogenated alkanes) is 27. The van der Waals surface area contributed by atoms with Crippen LogP contribution in [0.1, 0.15) is 206 Å². The van der Waals surface area contributed by atoms with Crippen molar-refractivity contribution in [2.45, 2.75) is 219 Å². The molecule has 0 saturated carbocycles. The van der Waals surface area contributed by atoms with Crippen LogP contribution >= 0.6 is 7.82 Å². The van der Waals surface area contributed by atoms with E-state index in [-0.39, 0.29) is 25.7 Å². The number of nitrogens with two attached hydrogens (primary N) is 1. The van der Waals surface area contributed by atoms with Crippen LogP contribution in [0.5, 0.6) is 0 Å². The molecular weight excluding hydrogens is 635 g/mol. The summed E-state index contributed by atoms with van der Waals surface area (Å²) in [7, 11) is -4.33. The molecule has 292 valence electrons. The van der Waals surface area contributed by atoms with Gasteiger partial charge in [-0.2, -0.15) is 0 Å². The van der Waals surface area contributed by atoms with Gasteiger partial charge in [0.2, 0.25) is 5.91 Å². The summed E-state index contributed by atoms with van der Waals surface area (Å²) in [4.78, 5) is 22.6. The fraction of sp³-hybridized carbons (Fsp3) is 0.925. The number of aliphatic hydroxyl groups is 1. The molecule has 0 saturated heterocycles. The first-order valence-corrected chi connectivity index (χ1v) is 22.3. The summed E-state index contributed by atoms with van der Waals surface area (Å²) in [5.41, 5.74) is 5.36. The Morgan fingerprint density at radius 1 is 0.653 bits per heavy atom. The first kappa shape index (κ1) is 48.2. The number of amides is 1. The Bertz CT molecular complexity index is 784. The molecule has 3 unspecified atom stereocenters. The molecule has 0 aromatic heterocycles. The van der Waals surface area contributed by atoms with Gasteiger partial charge in [0.25, 0.3) is 0 Å². The third-order valence-electron chi connectivity index (χ3n) is 9.36. The quantitative estimate of drug-likeness (QED) is 0.0283. The van der Waals surface area contributed by atoms with Gasteiger partial charge in [0.05, 0.1) is 25.4 Å². The van der Waals surface area contributed by atoms with Gasteiger partial charge in [-0.25, -0.2) is 4.57 Å². The molecule has 0 spiro atoms. The van der Waals surface area contributed by atoms with Crippen molar-refractivity contribution in [1.29, 1.82) is 0 Å². The van der Waals surface area contributed by atoms with Crippen molar-refractivity contribution in [3.8, 4) is 0 Å². The van der Waals surface area contributed by atoms with E-state index in [1.807, 2.05) is 6.08 Å². The second-order valence-electron chi connectivity index (χ2n) is 14.2. The van der Waals surface area contributed by atoms with E-state index in [1.165, 1.54) is 148 Å². The number of phosphoric acid groups is 1. The van der Waals surface area contributed by atoms with Crippen molar-refractivity contribution in [2.75, 3.05) is 19.8 Å². The largest absolute Gasteiger partial charge is 0.472 e. The maximum atomic E-state index is 12.7. The average Bonchev–Trinajstić information content (AvgIpc) is 3.09. The van der Waals surface area contributed by atoms with Crippen LogP contribution in [0.15, 0.2) is 12.2 Å². The number of phosphoric ester groups is 1. The maximum Gasteiger partial charge on any atom is 0.472 e. The number of rotatable bonds is 39. The number of hydrogen-bond donors (Lipinski definition) is 4. The van der Waals surface area contributed by atoms with Crippen molar-refractivity contribution in [2.24, 2.45) is 5.73 Å². The Balaban J connectivity index is 4.23. The third kappa shape index (κ3) is 35.4. The van der Waals surface area contributed by atoms with Gasteiger partial charge in [-0.1, -0.05) is 193 Å². The third-order valence-corrected chi connectivity index (χ3v) is 10.3. The summed E-state index contributed by atoms with van der Waals surface area (Å²) in [6.45, 7) is 4.14. The topological polar surface area (TPSA) is 131 Å². The number of carbonyl (C=O) groups excluding carboxylic acids is 1. The van der Waals surface area contributed by atoms with Crippen LogP contribution in [-0.4, -0.2) is 47.8 Å². The maximum absolute atomic E-state index is 12.7. The minimum atomic E-state index is -4.33. The highest BCUT2D eigenvalue weighted by atomic mass is 31.2. The summed E-state index contributed by atoms with van der Waals surface area (Å²) in [5.74, 6) is -0.192. The second kappa shape index (κ2) is 37.0. The Morgan fingerprint density at radius 2 is 1.04 bits per heavy atom. The summed E-state index contributed by atoms with van der Waals surface area (Å²) in [6, 6.07) is -0.853. The van der Waals surface area contributed by atoms with Crippen LogP contribution in [0.4, 0.5) is 0 Å². The van der Waals surface area contributed by atoms with Crippen LogP contribution in [0, 0.1) is 0 Å². The Labute approximate surface area is 303 Å². The van der Waals surface area contributed by atoms with Gasteiger partial charge >= 0.3 is 7.82 Å². The summed E-state index contributed by atoms with van der Waals surface area (Å²) in [5, 5.41) is 13.6. The van der Waals surface area contributed by atoms with Gasteiger partial charge in [0, 0.05) is 13.0 Å². The molecule has 0 heterocycles. The summed E-state index contributed by atoms with van der Waals surface area (Å²) < 4.78 is 22.1. The molecule has 3 atom stereocenters. The smallest absolute Gasteiger partial charge is 0.387 e. The van der Waals surface area contributed by atoms with E-state index in [4.69, 9.17) is 14.8 Å². The molecule has 0 rings (SSSR count). The number of hydrogen-bond acceptors (Lipinski definition) is 6. The predicted molar refractivity (Wildman–Crippen MR) is 208 cm³/mol. The van der Waals surface area contributed by atoms with Crippen LogP contribution in [-0.2, 0) is 18.4 Å². The van der Waals surface area contributed by atoms with E-state index in [0.29, 0.717) is 6.42 Å². The molecular formula is C40H81N2O6P. The number of nitrogens with one attached hydrogen (secondary N) is 1. The number of allylic oxidation sites excluding steroid dienone is 1. The fourth-order valence-corrected chi connectivity index (χ4v) is 6.95. The van der Waals surface area contributed by atoms with E-state index in [2.05, 4.69) is 19.2 Å². The van der Waals surface area contributed by atoms with E-state index in [1.54, 1.807) is 6.08 Å². The zero-order valence-corrected chi connectivity index (χ0v) is 33.1. The zero-order valence-electron chi connectivity index (χ0n) is 32.2. The normalized spacial score (nSPS) is 14.3. The monoisotopic (exact) mass is 717 g/mol. The lowest BCUT2D eigenvalue weighted by atomic mass is 10.0. The molecule has 0 aliphatic rings. The van der Waals surface area contributed by atoms with E-state index in [9.17, 15) is 19.4 Å². The van der Waals surface area contributed by atoms with Gasteiger partial charge in [-0.05, 0) is 19.3 Å². The first-order chi connectivity index (χ1) is 23.9. The SMILES string of the molecule is CCCCCCCCCCCCCCCCC/C=C/C(O)C(COP(=O)(O)OCCN)NC(=O)CCCCCCCCCCCCCCC. The van der Waals surface area contributed by atoms with Crippen molar-refractivity contribution in [1.82, 2.24) is 5.32 Å². The van der Waals surface area contributed by atoms with Gasteiger partial charge in [0.1, 0.15) is 0 Å². The molecule has 8 nitrogen and oxygen atoms in total. The Hall–Kier alpha value is -0.760. The van der Waals surface area contributed by atoms with Gasteiger partial charge in [-0.15, -0.1) is 0 Å². The van der Waals surface area contributed by atoms with Crippen molar-refractivity contribution in [3.05, 3.63) is 12.2 Å². The molecule has 0 bridgehead atoms. The minimum Gasteiger partial charge on any atom is -0.387 e. The predicted octanol–water partition coefficient (Wildman–Crippen LogP) is 11.2. The average molecular weight is 717 g/mol. The molecule has 0 aliphatic carbocycles. The highest BCUT2D eigenvalue weighted by Crippen LogP contribution is 2.43. The Kier molecular flexibility index (Phi) is 36.4. The lowest BCUT2D eigenvalue weighted by Crippen LogP contribution is -2.45. The number of carbonyl (C=O) groups is 1. The van der Waals surface area contributed by atoms with Gasteiger partial charge in [0.15, 0.2) is 0 Å². The van der Waals surface area contributed by atoms with E-state index >= 15 is 0 Å². The lowest BCUT2D eigenvalue weighted by molar-refractivity contribution is -0.123. The van der Waals surface area contributed by atoms with Crippen molar-refractivity contribution < 1.29 is 28.4 Å². The number of aliphatic hydroxyl groups excluding tert-OH is 1. The standard InChI is InChI=1S/C40H81N2O6P/c1-3-5-7-9-11-13-15-17-18-19-20-22-23-25-27-29-31-33-39(43)38(37-48-49(45,46)47-36-35-41)42-40(44)34-32-30-28-26-24-21-16-14-12-10-8-6-4-2/h31,33,38-39,43H,3-30,32,34-37,41H2,1-2H3,(H,42,44)(H,45,46)/b33-31+. The van der Waals surface area contributed by atoms with Crippen LogP contribution < -0.4 is 11.1 Å². The Morgan fingerprint density at radius 3 is 1.45 bits per heavy atom. The second-order valence-corrected chi connectivity index (χ2v) is 15.7. The van der Waals surface area contributed by atoms with Crippen molar-refractivity contribution >= 4 is 13.7 Å². The molecule has 49 heavy (non-hydrogen) atoms. The lowest BCUT2D eigenvalue weighted by Gasteiger charge is -2.23. The first-order valence-electron chi connectivity index (χ1n) is 20.8. The van der Waals surface area contributed by atoms with Crippen molar-refractivity contribution in [3.63, 3.8) is 0 Å². The van der Waals surface area contributed by atoms with Crippen LogP contribution in [0.25, 0.3) is 0 Å². The highest BCUT2D eigenvalue weighted by Gasteiger charge is 2.26. The van der Waals surface area contributed by atoms with Crippen LogP contribution in [0.2, 0.25) is 0 Å². The molecule has 5 N–H and O–H groups in total. The molecule has 1 amide bonds. The summed E-state index contributed by atoms with van der Waals surface area (Å²) in [6.07, 6.45) is 39.7. The van der Waals surface area contributed by atoms with Gasteiger partial charge < -0.3 is 21.1 Å². The molecule has 0 aliphatic heterocycles. The minimum absolute atomic E-state index is 0.0812. The molecule has 0 aromatic rings. The van der Waals surface area contributed by atoms with Gasteiger partial charge in [-0.3, -0.25) is 13.8 Å². The summed E-state index contributed by atoms with van der Waals surface area (Å²) >= 11 is 0. The van der Waals surface area contributed by atoms with E-state index in [0.717, 1.165) is 38.5 Å². The molecule has 9 heteroatoms.